The van der Waals surface area contributed by atoms with Crippen LogP contribution in [0, 0.1) is 6.92 Å². The van der Waals surface area contributed by atoms with Crippen LogP contribution in [0.4, 0.5) is 4.79 Å². The van der Waals surface area contributed by atoms with Gasteiger partial charge in [-0.3, -0.25) is 4.79 Å². The van der Waals surface area contributed by atoms with Crippen LogP contribution in [0.5, 0.6) is 0 Å². The molecule has 6 heteroatoms. The molecule has 3 amide bonds. The van der Waals surface area contributed by atoms with E-state index in [1.165, 1.54) is 0 Å². The Morgan fingerprint density at radius 1 is 1.29 bits per heavy atom. The Hall–Kier alpha value is -0.910. The molecule has 0 aromatic carbocycles. The molecule has 3 unspecified atom stereocenters. The van der Waals surface area contributed by atoms with Gasteiger partial charge < -0.3 is 16.0 Å². The van der Waals surface area contributed by atoms with Crippen molar-refractivity contribution in [2.24, 2.45) is 0 Å². The fraction of sp³-hybridized carbons (Fsp3) is 0.800. The Bertz CT molecular complexity index is 365. The van der Waals surface area contributed by atoms with E-state index in [2.05, 4.69) is 22.9 Å². The predicted octanol–water partition coefficient (Wildman–Crippen LogP) is 1.83. The maximum atomic E-state index is 11.6. The number of fused-ring (bicyclic) bond motifs is 1. The molecule has 2 aliphatic rings. The quantitative estimate of drug-likeness (QED) is 0.449. The highest BCUT2D eigenvalue weighted by atomic mass is 32.2. The summed E-state index contributed by atoms with van der Waals surface area (Å²) in [7, 11) is 0. The molecule has 3 N–H and O–H groups in total. The second-order valence-corrected chi connectivity index (χ2v) is 7.05. The van der Waals surface area contributed by atoms with Crippen molar-refractivity contribution < 1.29 is 9.59 Å². The third kappa shape index (κ3) is 5.09. The highest BCUT2D eigenvalue weighted by Gasteiger charge is 2.42. The van der Waals surface area contributed by atoms with Gasteiger partial charge in [-0.05, 0) is 19.3 Å². The van der Waals surface area contributed by atoms with E-state index >= 15 is 0 Å². The minimum absolute atomic E-state index is 0.0306. The van der Waals surface area contributed by atoms with Gasteiger partial charge in [0.1, 0.15) is 0 Å². The van der Waals surface area contributed by atoms with Crippen LogP contribution in [-0.4, -0.2) is 41.6 Å². The first-order valence-corrected chi connectivity index (χ1v) is 9.00. The summed E-state index contributed by atoms with van der Waals surface area (Å²) in [6, 6.07) is 0.541. The van der Waals surface area contributed by atoms with E-state index in [1.54, 1.807) is 0 Å². The maximum Gasteiger partial charge on any atom is 0.315 e. The number of hydrogen-bond acceptors (Lipinski definition) is 3. The van der Waals surface area contributed by atoms with E-state index in [1.807, 2.05) is 11.8 Å². The molecule has 21 heavy (non-hydrogen) atoms. The number of carbonyl (C=O) groups is 2. The highest BCUT2D eigenvalue weighted by Crippen LogP contribution is 2.33. The molecule has 0 aromatic heterocycles. The molecular formula is C15H26N3O2S. The lowest BCUT2D eigenvalue weighted by atomic mass is 10.0. The topological polar surface area (TPSA) is 70.2 Å². The van der Waals surface area contributed by atoms with E-state index in [0.29, 0.717) is 17.7 Å². The molecular weight excluding hydrogens is 286 g/mol. The number of unbranched alkanes of at least 4 members (excludes halogenated alkanes) is 3. The molecule has 2 saturated heterocycles. The van der Waals surface area contributed by atoms with Crippen molar-refractivity contribution in [1.29, 1.82) is 0 Å². The van der Waals surface area contributed by atoms with Gasteiger partial charge in [-0.1, -0.05) is 26.2 Å². The summed E-state index contributed by atoms with van der Waals surface area (Å²) >= 11 is 1.93. The van der Waals surface area contributed by atoms with Crippen LogP contribution in [0.3, 0.4) is 0 Å². The third-order valence-electron chi connectivity index (χ3n) is 4.08. The molecule has 1 radical (unpaired) electrons. The van der Waals surface area contributed by atoms with E-state index < -0.39 is 0 Å². The van der Waals surface area contributed by atoms with Crippen LogP contribution in [0.1, 0.15) is 44.9 Å². The van der Waals surface area contributed by atoms with E-state index in [-0.39, 0.29) is 18.0 Å². The summed E-state index contributed by atoms with van der Waals surface area (Å²) in [6.45, 7) is 4.56. The summed E-state index contributed by atoms with van der Waals surface area (Å²) < 4.78 is 0. The van der Waals surface area contributed by atoms with Crippen molar-refractivity contribution in [2.45, 2.75) is 62.3 Å². The van der Waals surface area contributed by atoms with Crippen LogP contribution in [-0.2, 0) is 4.79 Å². The Kier molecular flexibility index (Phi) is 6.67. The maximum absolute atomic E-state index is 11.6. The molecule has 119 valence electrons. The normalized spacial score (nSPS) is 27.1. The molecule has 5 nitrogen and oxygen atoms in total. The van der Waals surface area contributed by atoms with Gasteiger partial charge in [0, 0.05) is 24.0 Å². The standard InChI is InChI=1S/C15H26N3O2S/c1-2-3-6-9-16-13(19)8-5-4-7-12-14-11(10-21-12)17-15(20)18-14/h11-12,14H,1-10H2,(H,16,19)(H2,17,18,20). The SMILES string of the molecule is [CH2]CCCCNC(=O)CCCCC1SCC2NC(=O)NC21. The molecule has 0 aromatic rings. The molecule has 0 aliphatic carbocycles. The Morgan fingerprint density at radius 3 is 2.95 bits per heavy atom. The summed E-state index contributed by atoms with van der Waals surface area (Å²) in [5.74, 6) is 1.16. The Morgan fingerprint density at radius 2 is 2.14 bits per heavy atom. The average molecular weight is 312 g/mol. The summed E-state index contributed by atoms with van der Waals surface area (Å²) in [5.41, 5.74) is 0. The monoisotopic (exact) mass is 312 g/mol. The molecule has 2 rings (SSSR count). The zero-order valence-electron chi connectivity index (χ0n) is 12.5. The van der Waals surface area contributed by atoms with E-state index in [9.17, 15) is 9.59 Å². The molecule has 3 atom stereocenters. The number of thioether (sulfide) groups is 1. The van der Waals surface area contributed by atoms with Crippen LogP contribution in [0.25, 0.3) is 0 Å². The van der Waals surface area contributed by atoms with E-state index in [0.717, 1.165) is 50.8 Å². The lowest BCUT2D eigenvalue weighted by Gasteiger charge is -2.16. The van der Waals surface area contributed by atoms with Crippen molar-refractivity contribution in [1.82, 2.24) is 16.0 Å². The zero-order chi connectivity index (χ0) is 15.1. The van der Waals surface area contributed by atoms with Crippen molar-refractivity contribution >= 4 is 23.7 Å². The number of rotatable bonds is 9. The number of nitrogens with one attached hydrogen (secondary N) is 3. The molecule has 0 spiro atoms. The van der Waals surface area contributed by atoms with Gasteiger partial charge >= 0.3 is 6.03 Å². The number of carbonyl (C=O) groups excluding carboxylic acids is 2. The second kappa shape index (κ2) is 8.51. The highest BCUT2D eigenvalue weighted by molar-refractivity contribution is 8.00. The first kappa shape index (κ1) is 16.5. The van der Waals surface area contributed by atoms with Crippen LogP contribution >= 0.6 is 11.8 Å². The lowest BCUT2D eigenvalue weighted by Crippen LogP contribution is -2.36. The van der Waals surface area contributed by atoms with Gasteiger partial charge in [-0.2, -0.15) is 11.8 Å². The summed E-state index contributed by atoms with van der Waals surface area (Å²) in [5, 5.41) is 9.39. The largest absolute Gasteiger partial charge is 0.356 e. The van der Waals surface area contributed by atoms with Crippen molar-refractivity contribution in [2.75, 3.05) is 12.3 Å². The average Bonchev–Trinajstić information content (AvgIpc) is 2.99. The van der Waals surface area contributed by atoms with Gasteiger partial charge in [0.25, 0.3) is 0 Å². The smallest absolute Gasteiger partial charge is 0.315 e. The first-order valence-electron chi connectivity index (χ1n) is 7.95. The molecule has 2 heterocycles. The second-order valence-electron chi connectivity index (χ2n) is 5.78. The molecule has 2 aliphatic heterocycles. The van der Waals surface area contributed by atoms with Crippen LogP contribution in [0.15, 0.2) is 0 Å². The first-order chi connectivity index (χ1) is 10.2. The van der Waals surface area contributed by atoms with Gasteiger partial charge in [0.2, 0.25) is 5.91 Å². The molecule has 0 saturated carbocycles. The fourth-order valence-electron chi connectivity index (χ4n) is 2.89. The van der Waals surface area contributed by atoms with Crippen molar-refractivity contribution in [3.63, 3.8) is 0 Å². The third-order valence-corrected chi connectivity index (χ3v) is 5.59. The van der Waals surface area contributed by atoms with Gasteiger partial charge in [-0.25, -0.2) is 4.79 Å². The lowest BCUT2D eigenvalue weighted by molar-refractivity contribution is -0.121. The van der Waals surface area contributed by atoms with Crippen molar-refractivity contribution in [3.8, 4) is 0 Å². The molecule has 2 fully saturated rings. The summed E-state index contributed by atoms with van der Waals surface area (Å²) in [6.07, 6.45) is 6.68. The molecule has 0 bridgehead atoms. The number of hydrogen-bond donors (Lipinski definition) is 3. The number of amides is 3. The van der Waals surface area contributed by atoms with Gasteiger partial charge in [0.15, 0.2) is 0 Å². The van der Waals surface area contributed by atoms with Crippen LogP contribution < -0.4 is 16.0 Å². The number of urea groups is 1. The van der Waals surface area contributed by atoms with Crippen molar-refractivity contribution in [3.05, 3.63) is 6.92 Å². The summed E-state index contributed by atoms with van der Waals surface area (Å²) in [4.78, 5) is 22.9. The van der Waals surface area contributed by atoms with E-state index in [4.69, 9.17) is 0 Å². The van der Waals surface area contributed by atoms with Gasteiger partial charge in [0.05, 0.1) is 12.1 Å². The fourth-order valence-corrected chi connectivity index (χ4v) is 4.44. The zero-order valence-corrected chi connectivity index (χ0v) is 13.3. The Labute approximate surface area is 131 Å². The minimum Gasteiger partial charge on any atom is -0.356 e. The minimum atomic E-state index is -0.0306. The van der Waals surface area contributed by atoms with Gasteiger partial charge in [-0.15, -0.1) is 0 Å². The predicted molar refractivity (Wildman–Crippen MR) is 86.2 cm³/mol. The van der Waals surface area contributed by atoms with Crippen LogP contribution in [0.2, 0.25) is 0 Å². The Balaban J connectivity index is 1.52.